The minimum atomic E-state index is -0.197. The van der Waals surface area contributed by atoms with Crippen LogP contribution in [0.25, 0.3) is 0 Å². The molecule has 0 unspecified atom stereocenters. The van der Waals surface area contributed by atoms with Crippen molar-refractivity contribution in [1.29, 1.82) is 0 Å². The van der Waals surface area contributed by atoms with Crippen molar-refractivity contribution in [1.82, 2.24) is 5.32 Å². The van der Waals surface area contributed by atoms with E-state index in [0.29, 0.717) is 19.8 Å². The van der Waals surface area contributed by atoms with Crippen molar-refractivity contribution in [3.63, 3.8) is 0 Å². The third-order valence-corrected chi connectivity index (χ3v) is 3.36. The van der Waals surface area contributed by atoms with Crippen LogP contribution in [0, 0.1) is 5.92 Å². The Labute approximate surface area is 114 Å². The van der Waals surface area contributed by atoms with E-state index >= 15 is 0 Å². The summed E-state index contributed by atoms with van der Waals surface area (Å²) in [4.78, 5) is 11.9. The van der Waals surface area contributed by atoms with E-state index in [2.05, 4.69) is 17.4 Å². The summed E-state index contributed by atoms with van der Waals surface area (Å²) < 4.78 is 10.5. The molecule has 104 valence electrons. The fourth-order valence-electron chi connectivity index (χ4n) is 2.31. The van der Waals surface area contributed by atoms with Gasteiger partial charge in [-0.15, -0.1) is 0 Å². The van der Waals surface area contributed by atoms with Crippen LogP contribution in [-0.4, -0.2) is 31.8 Å². The number of nitrogens with one attached hydrogen (secondary N) is 1. The monoisotopic (exact) mass is 263 g/mol. The molecule has 4 heteroatoms. The highest BCUT2D eigenvalue weighted by Crippen LogP contribution is 2.17. The van der Waals surface area contributed by atoms with Gasteiger partial charge < -0.3 is 14.8 Å². The molecule has 2 rings (SSSR count). The largest absolute Gasteiger partial charge is 0.466 e. The number of benzene rings is 1. The zero-order chi connectivity index (χ0) is 13.5. The van der Waals surface area contributed by atoms with E-state index < -0.39 is 0 Å². The Bertz CT molecular complexity index is 394. The number of hydrogen-bond acceptors (Lipinski definition) is 4. The Balaban J connectivity index is 1.90. The lowest BCUT2D eigenvalue weighted by Crippen LogP contribution is -2.46. The summed E-state index contributed by atoms with van der Waals surface area (Å²) in [5.74, 6) is -0.356. The summed E-state index contributed by atoms with van der Waals surface area (Å²) in [6.07, 6.45) is 0.844. The summed E-state index contributed by atoms with van der Waals surface area (Å²) >= 11 is 0. The van der Waals surface area contributed by atoms with Crippen LogP contribution in [0.4, 0.5) is 0 Å². The van der Waals surface area contributed by atoms with E-state index in [9.17, 15) is 4.79 Å². The Morgan fingerprint density at radius 1 is 1.42 bits per heavy atom. The maximum Gasteiger partial charge on any atom is 0.312 e. The van der Waals surface area contributed by atoms with Crippen LogP contribution in [0.2, 0.25) is 0 Å². The topological polar surface area (TPSA) is 47.6 Å². The highest BCUT2D eigenvalue weighted by Gasteiger charge is 2.32. The van der Waals surface area contributed by atoms with Crippen molar-refractivity contribution in [2.75, 3.05) is 19.8 Å². The second-order valence-electron chi connectivity index (χ2n) is 4.70. The minimum absolute atomic E-state index is 0.132. The van der Waals surface area contributed by atoms with Crippen LogP contribution in [0.5, 0.6) is 0 Å². The Kier molecular flexibility index (Phi) is 5.36. The molecule has 0 aliphatic carbocycles. The molecule has 1 aliphatic heterocycles. The first-order valence-electron chi connectivity index (χ1n) is 6.83. The van der Waals surface area contributed by atoms with Crippen molar-refractivity contribution in [2.45, 2.75) is 25.9 Å². The van der Waals surface area contributed by atoms with E-state index in [4.69, 9.17) is 9.47 Å². The molecular weight excluding hydrogens is 242 g/mol. The lowest BCUT2D eigenvalue weighted by Gasteiger charge is -2.30. The number of esters is 1. The molecule has 2 atom stereocenters. The minimum Gasteiger partial charge on any atom is -0.466 e. The van der Waals surface area contributed by atoms with E-state index in [1.807, 2.05) is 25.1 Å². The fourth-order valence-corrected chi connectivity index (χ4v) is 2.31. The van der Waals surface area contributed by atoms with Crippen molar-refractivity contribution < 1.29 is 14.3 Å². The predicted octanol–water partition coefficient (Wildman–Crippen LogP) is 1.74. The molecule has 4 nitrogen and oxygen atoms in total. The van der Waals surface area contributed by atoms with Crippen LogP contribution < -0.4 is 5.32 Å². The zero-order valence-corrected chi connectivity index (χ0v) is 11.3. The van der Waals surface area contributed by atoms with Gasteiger partial charge in [-0.3, -0.25) is 4.79 Å². The molecule has 0 amide bonds. The number of rotatable bonds is 5. The lowest BCUT2D eigenvalue weighted by atomic mass is 9.95. The molecule has 0 saturated carbocycles. The van der Waals surface area contributed by atoms with E-state index in [1.165, 1.54) is 5.56 Å². The van der Waals surface area contributed by atoms with Gasteiger partial charge in [-0.25, -0.2) is 0 Å². The Morgan fingerprint density at radius 3 is 2.95 bits per heavy atom. The molecule has 0 spiro atoms. The summed E-state index contributed by atoms with van der Waals surface area (Å²) in [5.41, 5.74) is 1.22. The zero-order valence-electron chi connectivity index (χ0n) is 11.3. The maximum absolute atomic E-state index is 11.9. The van der Waals surface area contributed by atoms with E-state index in [0.717, 1.165) is 13.0 Å². The SMILES string of the molecule is CCOC(=O)[C@@H]1COCC[C@@H]1NCc1ccccc1. The molecule has 1 N–H and O–H groups in total. The lowest BCUT2D eigenvalue weighted by molar-refractivity contribution is -0.154. The molecule has 1 aliphatic rings. The van der Waals surface area contributed by atoms with Crippen LogP contribution in [0.1, 0.15) is 18.9 Å². The van der Waals surface area contributed by atoms with E-state index in [1.54, 1.807) is 0 Å². The molecular formula is C15H21NO3. The third-order valence-electron chi connectivity index (χ3n) is 3.36. The van der Waals surface area contributed by atoms with Gasteiger partial charge in [0.25, 0.3) is 0 Å². The number of carbonyl (C=O) groups excluding carboxylic acids is 1. The average Bonchev–Trinajstić information content (AvgIpc) is 2.47. The second kappa shape index (κ2) is 7.26. The van der Waals surface area contributed by atoms with Crippen LogP contribution in [-0.2, 0) is 20.8 Å². The third kappa shape index (κ3) is 4.04. The first-order valence-corrected chi connectivity index (χ1v) is 6.83. The molecule has 1 fully saturated rings. The van der Waals surface area contributed by atoms with Crippen molar-refractivity contribution in [3.8, 4) is 0 Å². The van der Waals surface area contributed by atoms with Crippen molar-refractivity contribution in [2.24, 2.45) is 5.92 Å². The normalized spacial score (nSPS) is 23.0. The molecule has 1 saturated heterocycles. The van der Waals surface area contributed by atoms with Gasteiger partial charge in [0.1, 0.15) is 0 Å². The van der Waals surface area contributed by atoms with Crippen LogP contribution in [0.3, 0.4) is 0 Å². The van der Waals surface area contributed by atoms with Gasteiger partial charge in [0.2, 0.25) is 0 Å². The average molecular weight is 263 g/mol. The summed E-state index contributed by atoms with van der Waals surface area (Å²) in [7, 11) is 0. The molecule has 1 aromatic carbocycles. The van der Waals surface area contributed by atoms with Gasteiger partial charge in [0.05, 0.1) is 19.1 Å². The van der Waals surface area contributed by atoms with Gasteiger partial charge in [-0.1, -0.05) is 30.3 Å². The quantitative estimate of drug-likeness (QED) is 0.822. The first kappa shape index (κ1) is 14.0. The Morgan fingerprint density at radius 2 is 2.21 bits per heavy atom. The molecule has 1 heterocycles. The number of ether oxygens (including phenoxy) is 2. The predicted molar refractivity (Wildman–Crippen MR) is 72.6 cm³/mol. The fraction of sp³-hybridized carbons (Fsp3) is 0.533. The molecule has 1 aromatic rings. The molecule has 19 heavy (non-hydrogen) atoms. The Hall–Kier alpha value is -1.39. The van der Waals surface area contributed by atoms with E-state index in [-0.39, 0.29) is 17.9 Å². The van der Waals surface area contributed by atoms with Gasteiger partial charge in [0.15, 0.2) is 0 Å². The van der Waals surface area contributed by atoms with Gasteiger partial charge in [-0.05, 0) is 18.9 Å². The highest BCUT2D eigenvalue weighted by atomic mass is 16.5. The molecule has 0 bridgehead atoms. The summed E-state index contributed by atoms with van der Waals surface area (Å²) in [5, 5.41) is 3.45. The molecule has 0 radical (unpaired) electrons. The van der Waals surface area contributed by atoms with Crippen LogP contribution in [0.15, 0.2) is 30.3 Å². The van der Waals surface area contributed by atoms with Gasteiger partial charge in [0, 0.05) is 19.2 Å². The highest BCUT2D eigenvalue weighted by molar-refractivity contribution is 5.73. The summed E-state index contributed by atoms with van der Waals surface area (Å²) in [6.45, 7) is 4.16. The van der Waals surface area contributed by atoms with Gasteiger partial charge in [-0.2, -0.15) is 0 Å². The van der Waals surface area contributed by atoms with Crippen molar-refractivity contribution >= 4 is 5.97 Å². The standard InChI is InChI=1S/C15H21NO3/c1-2-19-15(17)13-11-18-9-8-14(13)16-10-12-6-4-3-5-7-12/h3-7,13-14,16H,2,8-11H2,1H3/t13-,14+/m1/s1. The molecule has 0 aromatic heterocycles. The van der Waals surface area contributed by atoms with Crippen LogP contribution >= 0.6 is 0 Å². The number of hydrogen-bond donors (Lipinski definition) is 1. The number of carbonyl (C=O) groups is 1. The van der Waals surface area contributed by atoms with Crippen molar-refractivity contribution in [3.05, 3.63) is 35.9 Å². The second-order valence-corrected chi connectivity index (χ2v) is 4.70. The first-order chi connectivity index (χ1) is 9.31. The smallest absolute Gasteiger partial charge is 0.312 e. The summed E-state index contributed by atoms with van der Waals surface area (Å²) in [6, 6.07) is 10.3. The maximum atomic E-state index is 11.9. The van der Waals surface area contributed by atoms with Gasteiger partial charge >= 0.3 is 5.97 Å².